The summed E-state index contributed by atoms with van der Waals surface area (Å²) in [4.78, 5) is 18.7. The van der Waals surface area contributed by atoms with E-state index in [4.69, 9.17) is 21.1 Å². The first-order chi connectivity index (χ1) is 10.1. The molecule has 0 aliphatic heterocycles. The number of hydrogen-bond donors (Lipinski definition) is 0. The first-order valence-corrected chi connectivity index (χ1v) is 7.46. The predicted molar refractivity (Wildman–Crippen MR) is 74.6 cm³/mol. The molecule has 0 amide bonds. The Bertz CT molecular complexity index is 493. The van der Waals surface area contributed by atoms with Crippen LogP contribution in [-0.4, -0.2) is 28.6 Å². The van der Waals surface area contributed by atoms with Crippen LogP contribution in [0, 0.1) is 11.7 Å². The van der Waals surface area contributed by atoms with Gasteiger partial charge in [0, 0.05) is 6.42 Å². The molecule has 0 radical (unpaired) electrons. The molecule has 1 aromatic rings. The summed E-state index contributed by atoms with van der Waals surface area (Å²) in [6, 6.07) is 0. The molecule has 0 bridgehead atoms. The largest absolute Gasteiger partial charge is 0.472 e. The van der Waals surface area contributed by atoms with Crippen LogP contribution in [0.2, 0.25) is 5.28 Å². The van der Waals surface area contributed by atoms with Crippen molar-refractivity contribution < 1.29 is 18.7 Å². The fraction of sp³-hybridized carbons (Fsp3) is 0.643. The minimum atomic E-state index is -0.618. The van der Waals surface area contributed by atoms with Crippen molar-refractivity contribution in [3.8, 4) is 5.88 Å². The maximum absolute atomic E-state index is 13.5. The number of esters is 1. The lowest BCUT2D eigenvalue weighted by molar-refractivity contribution is -0.144. The highest BCUT2D eigenvalue weighted by Crippen LogP contribution is 2.30. The van der Waals surface area contributed by atoms with Gasteiger partial charge in [-0.05, 0) is 50.1 Å². The van der Waals surface area contributed by atoms with Crippen molar-refractivity contribution in [2.24, 2.45) is 5.92 Å². The standard InChI is InChI=1S/C14H18ClFN2O3/c1-2-20-12(19)7-9-3-5-10(6-4-9)21-13-11(16)8-17-14(15)18-13/h8-10H,2-7H2,1H3. The lowest BCUT2D eigenvalue weighted by Crippen LogP contribution is -2.26. The SMILES string of the molecule is CCOC(=O)CC1CCC(Oc2nc(Cl)ncc2F)CC1. The second-order valence-corrected chi connectivity index (χ2v) is 5.40. The maximum atomic E-state index is 13.5. The molecule has 1 fully saturated rings. The van der Waals surface area contributed by atoms with Crippen LogP contribution < -0.4 is 4.74 Å². The molecular formula is C14H18ClFN2O3. The van der Waals surface area contributed by atoms with Crippen LogP contribution in [-0.2, 0) is 9.53 Å². The molecule has 0 aromatic carbocycles. The number of hydrogen-bond acceptors (Lipinski definition) is 5. The van der Waals surface area contributed by atoms with Gasteiger partial charge in [0.2, 0.25) is 11.1 Å². The fourth-order valence-corrected chi connectivity index (χ4v) is 2.61. The van der Waals surface area contributed by atoms with Crippen LogP contribution in [0.4, 0.5) is 4.39 Å². The van der Waals surface area contributed by atoms with E-state index in [1.165, 1.54) is 0 Å². The highest BCUT2D eigenvalue weighted by molar-refractivity contribution is 6.28. The molecule has 0 saturated heterocycles. The van der Waals surface area contributed by atoms with Crippen LogP contribution in [0.25, 0.3) is 0 Å². The summed E-state index contributed by atoms with van der Waals surface area (Å²) < 4.78 is 24.0. The molecule has 0 unspecified atom stereocenters. The van der Waals surface area contributed by atoms with Crippen LogP contribution in [0.5, 0.6) is 5.88 Å². The van der Waals surface area contributed by atoms with Crippen molar-refractivity contribution in [2.45, 2.75) is 45.1 Å². The van der Waals surface area contributed by atoms with Gasteiger partial charge >= 0.3 is 5.97 Å². The summed E-state index contributed by atoms with van der Waals surface area (Å²) in [6.07, 6.45) is 4.54. The van der Waals surface area contributed by atoms with Crippen LogP contribution >= 0.6 is 11.6 Å². The lowest BCUT2D eigenvalue weighted by Gasteiger charge is -2.28. The molecule has 1 saturated carbocycles. The number of halogens is 2. The molecule has 1 aliphatic carbocycles. The van der Waals surface area contributed by atoms with E-state index in [1.54, 1.807) is 6.92 Å². The summed E-state index contributed by atoms with van der Waals surface area (Å²) in [5.41, 5.74) is 0. The van der Waals surface area contributed by atoms with Crippen molar-refractivity contribution in [1.82, 2.24) is 9.97 Å². The summed E-state index contributed by atoms with van der Waals surface area (Å²) in [5, 5.41) is -0.0394. The molecule has 1 aromatic heterocycles. The molecule has 116 valence electrons. The summed E-state index contributed by atoms with van der Waals surface area (Å²) in [5.74, 6) is -0.574. The van der Waals surface area contributed by atoms with Gasteiger partial charge in [-0.25, -0.2) is 4.98 Å². The van der Waals surface area contributed by atoms with Crippen molar-refractivity contribution in [1.29, 1.82) is 0 Å². The van der Waals surface area contributed by atoms with Gasteiger partial charge < -0.3 is 9.47 Å². The fourth-order valence-electron chi connectivity index (χ4n) is 2.48. The molecule has 1 heterocycles. The van der Waals surface area contributed by atoms with Gasteiger partial charge in [0.1, 0.15) is 6.10 Å². The Morgan fingerprint density at radius 2 is 2.14 bits per heavy atom. The summed E-state index contributed by atoms with van der Waals surface area (Å²) in [7, 11) is 0. The monoisotopic (exact) mass is 316 g/mol. The van der Waals surface area contributed by atoms with Crippen molar-refractivity contribution in [3.63, 3.8) is 0 Å². The Morgan fingerprint density at radius 3 is 2.81 bits per heavy atom. The minimum Gasteiger partial charge on any atom is -0.472 e. The van der Waals surface area contributed by atoms with E-state index in [0.29, 0.717) is 18.9 Å². The molecular weight excluding hydrogens is 299 g/mol. The van der Waals surface area contributed by atoms with E-state index in [-0.39, 0.29) is 23.2 Å². The van der Waals surface area contributed by atoms with Crippen molar-refractivity contribution >= 4 is 17.6 Å². The minimum absolute atomic E-state index is 0.0394. The number of nitrogens with zero attached hydrogens (tertiary/aromatic N) is 2. The van der Waals surface area contributed by atoms with Crippen LogP contribution in [0.1, 0.15) is 39.0 Å². The first-order valence-electron chi connectivity index (χ1n) is 7.08. The van der Waals surface area contributed by atoms with Crippen molar-refractivity contribution in [2.75, 3.05) is 6.61 Å². The van der Waals surface area contributed by atoms with Gasteiger partial charge in [-0.15, -0.1) is 0 Å². The van der Waals surface area contributed by atoms with E-state index in [9.17, 15) is 9.18 Å². The zero-order valence-electron chi connectivity index (χ0n) is 11.8. The van der Waals surface area contributed by atoms with E-state index < -0.39 is 5.82 Å². The second kappa shape index (κ2) is 7.54. The van der Waals surface area contributed by atoms with E-state index in [2.05, 4.69) is 9.97 Å². The number of rotatable bonds is 5. The van der Waals surface area contributed by atoms with E-state index >= 15 is 0 Å². The molecule has 21 heavy (non-hydrogen) atoms. The van der Waals surface area contributed by atoms with Gasteiger partial charge in [-0.1, -0.05) is 0 Å². The smallest absolute Gasteiger partial charge is 0.306 e. The predicted octanol–water partition coefficient (Wildman–Crippen LogP) is 3.16. The quantitative estimate of drug-likeness (QED) is 0.617. The molecule has 1 aliphatic rings. The topological polar surface area (TPSA) is 61.3 Å². The zero-order valence-corrected chi connectivity index (χ0v) is 12.6. The molecule has 2 rings (SSSR count). The van der Waals surface area contributed by atoms with Gasteiger partial charge in [0.15, 0.2) is 0 Å². The average Bonchev–Trinajstić information content (AvgIpc) is 2.45. The number of carbonyl (C=O) groups is 1. The summed E-state index contributed by atoms with van der Waals surface area (Å²) in [6.45, 7) is 2.20. The normalized spacial score (nSPS) is 21.9. The first kappa shape index (κ1) is 15.9. The third kappa shape index (κ3) is 4.81. The van der Waals surface area contributed by atoms with E-state index in [0.717, 1.165) is 31.9 Å². The number of aromatic nitrogens is 2. The lowest BCUT2D eigenvalue weighted by atomic mass is 9.85. The number of ether oxygens (including phenoxy) is 2. The van der Waals surface area contributed by atoms with Gasteiger partial charge in [0.05, 0.1) is 12.8 Å². The maximum Gasteiger partial charge on any atom is 0.306 e. The third-order valence-electron chi connectivity index (χ3n) is 3.52. The Morgan fingerprint density at radius 1 is 1.43 bits per heavy atom. The summed E-state index contributed by atoms with van der Waals surface area (Å²) >= 11 is 5.62. The van der Waals surface area contributed by atoms with Crippen molar-refractivity contribution in [3.05, 3.63) is 17.3 Å². The molecule has 0 spiro atoms. The Kier molecular flexibility index (Phi) is 5.73. The number of carbonyl (C=O) groups excluding carboxylic acids is 1. The van der Waals surface area contributed by atoms with Gasteiger partial charge in [-0.3, -0.25) is 4.79 Å². The zero-order chi connectivity index (χ0) is 15.2. The van der Waals surface area contributed by atoms with Crippen LogP contribution in [0.3, 0.4) is 0 Å². The third-order valence-corrected chi connectivity index (χ3v) is 3.70. The molecule has 0 N–H and O–H groups in total. The second-order valence-electron chi connectivity index (χ2n) is 5.06. The highest BCUT2D eigenvalue weighted by atomic mass is 35.5. The molecule has 5 nitrogen and oxygen atoms in total. The average molecular weight is 317 g/mol. The molecule has 0 atom stereocenters. The Labute approximate surface area is 127 Å². The van der Waals surface area contributed by atoms with Gasteiger partial charge in [-0.2, -0.15) is 9.37 Å². The Balaban J connectivity index is 1.81. The highest BCUT2D eigenvalue weighted by Gasteiger charge is 2.25. The molecule has 7 heteroatoms. The van der Waals surface area contributed by atoms with E-state index in [1.807, 2.05) is 0 Å². The van der Waals surface area contributed by atoms with Crippen LogP contribution in [0.15, 0.2) is 6.20 Å². The Hall–Kier alpha value is -1.43. The van der Waals surface area contributed by atoms with Gasteiger partial charge in [0.25, 0.3) is 5.88 Å².